The topological polar surface area (TPSA) is 36.9 Å². The van der Waals surface area contributed by atoms with E-state index in [4.69, 9.17) is 18.9 Å². The van der Waals surface area contributed by atoms with Crippen molar-refractivity contribution in [1.82, 2.24) is 0 Å². The highest BCUT2D eigenvalue weighted by molar-refractivity contribution is 5.44. The number of rotatable bonds is 11. The minimum atomic E-state index is 0.391. The van der Waals surface area contributed by atoms with Crippen molar-refractivity contribution in [2.24, 2.45) is 0 Å². The predicted molar refractivity (Wildman–Crippen MR) is 108 cm³/mol. The van der Waals surface area contributed by atoms with Crippen molar-refractivity contribution in [1.29, 1.82) is 0 Å². The van der Waals surface area contributed by atoms with Crippen molar-refractivity contribution >= 4 is 0 Å². The van der Waals surface area contributed by atoms with Gasteiger partial charge in [-0.15, -0.1) is 6.58 Å². The van der Waals surface area contributed by atoms with Crippen molar-refractivity contribution in [2.75, 3.05) is 28.4 Å². The molecular weight excluding hydrogens is 340 g/mol. The first-order valence-electron chi connectivity index (χ1n) is 9.12. The molecule has 0 N–H and O–H groups in total. The molecule has 4 heteroatoms. The number of benzene rings is 2. The molecule has 1 radical (unpaired) electrons. The molecule has 0 heterocycles. The third kappa shape index (κ3) is 5.43. The van der Waals surface area contributed by atoms with Crippen LogP contribution in [0, 0.1) is 6.07 Å². The standard InChI is InChI=1S/C23H29O4/c1-6-8-18(19-12-14-21(25-3)23(16-19)27-5)10-7-9-17-11-13-20(24-2)22(15-17)26-4/h6,12-16,18H,1,7-10H2,2-5H3. The lowest BCUT2D eigenvalue weighted by molar-refractivity contribution is 0.354. The van der Waals surface area contributed by atoms with Crippen LogP contribution in [0.4, 0.5) is 0 Å². The summed E-state index contributed by atoms with van der Waals surface area (Å²) in [5.74, 6) is 3.35. The van der Waals surface area contributed by atoms with E-state index < -0.39 is 0 Å². The number of hydrogen-bond acceptors (Lipinski definition) is 4. The molecule has 27 heavy (non-hydrogen) atoms. The first kappa shape index (κ1) is 20.7. The molecule has 0 amide bonds. The van der Waals surface area contributed by atoms with E-state index in [1.807, 2.05) is 24.3 Å². The summed E-state index contributed by atoms with van der Waals surface area (Å²) in [6.45, 7) is 3.92. The van der Waals surface area contributed by atoms with Crippen LogP contribution in [0.1, 0.15) is 36.3 Å². The summed E-state index contributed by atoms with van der Waals surface area (Å²) in [7, 11) is 6.60. The summed E-state index contributed by atoms with van der Waals surface area (Å²) in [5.41, 5.74) is 2.36. The average molecular weight is 369 g/mol. The monoisotopic (exact) mass is 369 g/mol. The Labute approximate surface area is 162 Å². The number of methoxy groups -OCH3 is 4. The highest BCUT2D eigenvalue weighted by Gasteiger charge is 2.14. The van der Waals surface area contributed by atoms with Gasteiger partial charge in [0.25, 0.3) is 0 Å². The SMILES string of the molecule is C=CCC(CCCc1[c]cc(OC)c(OC)c1)c1ccc(OC)c(OC)c1. The molecule has 145 valence electrons. The number of allylic oxidation sites excluding steroid dienone is 1. The lowest BCUT2D eigenvalue weighted by Gasteiger charge is -2.18. The van der Waals surface area contributed by atoms with E-state index in [2.05, 4.69) is 24.8 Å². The number of ether oxygens (including phenoxy) is 4. The molecule has 0 aliphatic carbocycles. The molecule has 4 nitrogen and oxygen atoms in total. The Bertz CT molecular complexity index is 739. The van der Waals surface area contributed by atoms with E-state index in [0.717, 1.165) is 48.5 Å². The molecule has 2 rings (SSSR count). The average Bonchev–Trinajstić information content (AvgIpc) is 2.72. The molecule has 0 saturated carbocycles. The second-order valence-electron chi connectivity index (χ2n) is 6.32. The Morgan fingerprint density at radius 1 is 0.926 bits per heavy atom. The maximum absolute atomic E-state index is 5.44. The Kier molecular flexibility index (Phi) is 8.05. The van der Waals surface area contributed by atoms with Gasteiger partial charge >= 0.3 is 0 Å². The molecule has 2 aromatic carbocycles. The van der Waals surface area contributed by atoms with Gasteiger partial charge in [-0.05, 0) is 73.1 Å². The quantitative estimate of drug-likeness (QED) is 0.510. The van der Waals surface area contributed by atoms with Crippen LogP contribution in [0.25, 0.3) is 0 Å². The van der Waals surface area contributed by atoms with Gasteiger partial charge in [-0.3, -0.25) is 0 Å². The lowest BCUT2D eigenvalue weighted by atomic mass is 9.89. The van der Waals surface area contributed by atoms with Crippen molar-refractivity contribution in [3.63, 3.8) is 0 Å². The minimum Gasteiger partial charge on any atom is -0.493 e. The third-order valence-corrected chi connectivity index (χ3v) is 4.71. The normalized spacial score (nSPS) is 11.6. The van der Waals surface area contributed by atoms with E-state index in [-0.39, 0.29) is 0 Å². The van der Waals surface area contributed by atoms with Gasteiger partial charge in [0.2, 0.25) is 0 Å². The van der Waals surface area contributed by atoms with Gasteiger partial charge in [0.15, 0.2) is 23.0 Å². The van der Waals surface area contributed by atoms with Crippen molar-refractivity contribution in [3.05, 3.63) is 60.2 Å². The zero-order valence-corrected chi connectivity index (χ0v) is 16.7. The fourth-order valence-electron chi connectivity index (χ4n) is 3.23. The number of aryl methyl sites for hydroxylation is 1. The highest BCUT2D eigenvalue weighted by atomic mass is 16.5. The second kappa shape index (κ2) is 10.5. The van der Waals surface area contributed by atoms with Gasteiger partial charge in [-0.1, -0.05) is 12.1 Å². The Morgan fingerprint density at radius 3 is 2.22 bits per heavy atom. The van der Waals surface area contributed by atoms with Crippen LogP contribution in [0.5, 0.6) is 23.0 Å². The Balaban J connectivity index is 2.05. The summed E-state index contributed by atoms with van der Waals surface area (Å²) >= 11 is 0. The molecule has 0 aromatic heterocycles. The van der Waals surface area contributed by atoms with Crippen LogP contribution in [-0.4, -0.2) is 28.4 Å². The van der Waals surface area contributed by atoms with E-state index in [1.54, 1.807) is 28.4 Å². The largest absolute Gasteiger partial charge is 0.493 e. The van der Waals surface area contributed by atoms with Gasteiger partial charge in [-0.25, -0.2) is 0 Å². The van der Waals surface area contributed by atoms with Crippen LogP contribution in [0.3, 0.4) is 0 Å². The number of hydrogen-bond donors (Lipinski definition) is 0. The second-order valence-corrected chi connectivity index (χ2v) is 6.32. The summed E-state index contributed by atoms with van der Waals surface area (Å²) in [6.07, 6.45) is 5.92. The molecular formula is C23H29O4. The molecule has 0 saturated heterocycles. The smallest absolute Gasteiger partial charge is 0.161 e. The van der Waals surface area contributed by atoms with Crippen LogP contribution in [0.2, 0.25) is 0 Å². The Morgan fingerprint density at radius 2 is 1.59 bits per heavy atom. The molecule has 1 atom stereocenters. The van der Waals surface area contributed by atoms with Crippen molar-refractivity contribution < 1.29 is 18.9 Å². The highest BCUT2D eigenvalue weighted by Crippen LogP contribution is 2.34. The minimum absolute atomic E-state index is 0.391. The molecule has 0 fully saturated rings. The Hall–Kier alpha value is -2.62. The van der Waals surface area contributed by atoms with Crippen LogP contribution in [-0.2, 0) is 6.42 Å². The first-order chi connectivity index (χ1) is 13.2. The summed E-state index contributed by atoms with van der Waals surface area (Å²) in [5, 5.41) is 0. The van der Waals surface area contributed by atoms with Crippen molar-refractivity contribution in [3.8, 4) is 23.0 Å². The maximum atomic E-state index is 5.44. The van der Waals surface area contributed by atoms with E-state index >= 15 is 0 Å². The maximum Gasteiger partial charge on any atom is 0.161 e. The molecule has 1 unspecified atom stereocenters. The summed E-state index contributed by atoms with van der Waals surface area (Å²) in [6, 6.07) is 13.3. The molecule has 2 aromatic rings. The molecule has 0 bridgehead atoms. The fraction of sp³-hybridized carbons (Fsp3) is 0.391. The third-order valence-electron chi connectivity index (χ3n) is 4.71. The summed E-state index contributed by atoms with van der Waals surface area (Å²) < 4.78 is 21.4. The van der Waals surface area contributed by atoms with Gasteiger partial charge < -0.3 is 18.9 Å². The van der Waals surface area contributed by atoms with Gasteiger partial charge in [0.05, 0.1) is 28.4 Å². The van der Waals surface area contributed by atoms with Gasteiger partial charge in [0, 0.05) is 0 Å². The van der Waals surface area contributed by atoms with Gasteiger partial charge in [-0.2, -0.15) is 0 Å². The van der Waals surface area contributed by atoms with E-state index in [0.29, 0.717) is 11.7 Å². The zero-order chi connectivity index (χ0) is 19.6. The van der Waals surface area contributed by atoms with E-state index in [9.17, 15) is 0 Å². The molecule has 0 aliphatic rings. The van der Waals surface area contributed by atoms with E-state index in [1.165, 1.54) is 5.56 Å². The zero-order valence-electron chi connectivity index (χ0n) is 16.7. The summed E-state index contributed by atoms with van der Waals surface area (Å²) in [4.78, 5) is 0. The van der Waals surface area contributed by atoms with Crippen LogP contribution >= 0.6 is 0 Å². The van der Waals surface area contributed by atoms with Gasteiger partial charge in [0.1, 0.15) is 0 Å². The first-order valence-corrected chi connectivity index (χ1v) is 9.12. The predicted octanol–water partition coefficient (Wildman–Crippen LogP) is 5.20. The lowest BCUT2D eigenvalue weighted by Crippen LogP contribution is -2.01. The fourth-order valence-corrected chi connectivity index (χ4v) is 3.23. The molecule has 0 aliphatic heterocycles. The van der Waals surface area contributed by atoms with Crippen LogP contribution < -0.4 is 18.9 Å². The molecule has 0 spiro atoms. The van der Waals surface area contributed by atoms with Crippen LogP contribution in [0.15, 0.2) is 43.0 Å². The van der Waals surface area contributed by atoms with Crippen molar-refractivity contribution in [2.45, 2.75) is 31.6 Å².